The van der Waals surface area contributed by atoms with E-state index in [2.05, 4.69) is 20.8 Å². The summed E-state index contributed by atoms with van der Waals surface area (Å²) in [6, 6.07) is 1.51. The molecule has 0 spiro atoms. The Hall–Kier alpha value is 0.340. The van der Waals surface area contributed by atoms with E-state index in [4.69, 9.17) is 11.6 Å². The smallest absolute Gasteiger partial charge is 0.252 e. The molecule has 0 N–H and O–H groups in total. The fourth-order valence-electron chi connectivity index (χ4n) is 1.98. The Morgan fingerprint density at radius 1 is 1.42 bits per heavy atom. The molecule has 4 nitrogen and oxygen atoms in total. The lowest BCUT2D eigenvalue weighted by Crippen LogP contribution is -2.58. The first-order valence-electron chi connectivity index (χ1n) is 5.81. The summed E-state index contributed by atoms with van der Waals surface area (Å²) >= 11 is 10.3. The molecule has 108 valence electrons. The zero-order valence-electron chi connectivity index (χ0n) is 11.0. The Morgan fingerprint density at radius 3 is 2.53 bits per heavy atom. The minimum Gasteiger partial charge on any atom is -0.299 e. The molecular weight excluding hydrogens is 372 g/mol. The minimum atomic E-state index is -3.45. The van der Waals surface area contributed by atoms with Crippen LogP contribution in [0.2, 0.25) is 5.02 Å². The Labute approximate surface area is 131 Å². The molecule has 0 saturated carbocycles. The lowest BCUT2D eigenvalue weighted by Gasteiger charge is -2.44. The number of sulfonamides is 1. The van der Waals surface area contributed by atoms with Crippen molar-refractivity contribution in [1.82, 2.24) is 9.21 Å². The summed E-state index contributed by atoms with van der Waals surface area (Å²) in [7, 11) is -1.43. The van der Waals surface area contributed by atoms with Crippen LogP contribution in [-0.4, -0.2) is 49.8 Å². The molecule has 0 unspecified atom stereocenters. The third kappa shape index (κ3) is 3.01. The zero-order chi connectivity index (χ0) is 14.4. The van der Waals surface area contributed by atoms with Crippen LogP contribution in [0.15, 0.2) is 14.1 Å². The van der Waals surface area contributed by atoms with E-state index in [-0.39, 0.29) is 5.54 Å². The molecule has 2 heterocycles. The summed E-state index contributed by atoms with van der Waals surface area (Å²) in [5.74, 6) is 0. The highest BCUT2D eigenvalue weighted by molar-refractivity contribution is 9.11. The second-order valence-electron chi connectivity index (χ2n) is 5.26. The molecule has 8 heteroatoms. The van der Waals surface area contributed by atoms with E-state index >= 15 is 0 Å². The highest BCUT2D eigenvalue weighted by Gasteiger charge is 2.38. The van der Waals surface area contributed by atoms with E-state index in [0.29, 0.717) is 26.1 Å². The Bertz CT molecular complexity index is 566. The normalized spacial score (nSPS) is 21.7. The van der Waals surface area contributed by atoms with Crippen molar-refractivity contribution in [2.45, 2.75) is 23.6 Å². The van der Waals surface area contributed by atoms with Crippen molar-refractivity contribution in [3.05, 3.63) is 14.9 Å². The van der Waals surface area contributed by atoms with E-state index < -0.39 is 10.0 Å². The Morgan fingerprint density at radius 2 is 2.05 bits per heavy atom. The maximum atomic E-state index is 12.6. The summed E-state index contributed by atoms with van der Waals surface area (Å²) in [6.07, 6.45) is 0. The summed E-state index contributed by atoms with van der Waals surface area (Å²) in [6.45, 7) is 5.82. The monoisotopic (exact) mass is 386 g/mol. The predicted molar refractivity (Wildman–Crippen MR) is 82.5 cm³/mol. The molecular formula is C11H16BrClN2O2S2. The molecule has 0 aromatic carbocycles. The molecule has 1 fully saturated rings. The largest absolute Gasteiger partial charge is 0.299 e. The van der Waals surface area contributed by atoms with Gasteiger partial charge >= 0.3 is 0 Å². The van der Waals surface area contributed by atoms with E-state index in [1.165, 1.54) is 6.07 Å². The van der Waals surface area contributed by atoms with Crippen molar-refractivity contribution in [2.24, 2.45) is 0 Å². The Kier molecular flexibility index (Phi) is 4.36. The first-order chi connectivity index (χ1) is 8.64. The maximum absolute atomic E-state index is 12.6. The van der Waals surface area contributed by atoms with Gasteiger partial charge in [-0.3, -0.25) is 4.90 Å². The number of hydrogen-bond acceptors (Lipinski definition) is 4. The van der Waals surface area contributed by atoms with E-state index in [1.54, 1.807) is 4.31 Å². The van der Waals surface area contributed by atoms with Crippen LogP contribution in [0.4, 0.5) is 0 Å². The standard InChI is InChI=1S/C11H16BrClN2O2S2/c1-11(2)7-15(5-4-14(11)3)19(16,17)9-6-8(13)10(12)18-9/h6H,4-5,7H2,1-3H3. The second-order valence-corrected chi connectivity index (χ2v) is 10.2. The summed E-state index contributed by atoms with van der Waals surface area (Å²) < 4.78 is 27.7. The van der Waals surface area contributed by atoms with Gasteiger partial charge in [0, 0.05) is 25.2 Å². The molecule has 0 bridgehead atoms. The molecule has 0 radical (unpaired) electrons. The lowest BCUT2D eigenvalue weighted by molar-refractivity contribution is 0.0802. The number of nitrogens with zero attached hydrogens (tertiary/aromatic N) is 2. The number of hydrogen-bond donors (Lipinski definition) is 0. The molecule has 2 rings (SSSR count). The summed E-state index contributed by atoms with van der Waals surface area (Å²) in [5, 5.41) is 0.442. The topological polar surface area (TPSA) is 40.6 Å². The lowest BCUT2D eigenvalue weighted by atomic mass is 10.0. The highest BCUT2D eigenvalue weighted by atomic mass is 79.9. The van der Waals surface area contributed by atoms with Gasteiger partial charge in [-0.2, -0.15) is 4.31 Å². The molecule has 19 heavy (non-hydrogen) atoms. The molecule has 1 aromatic heterocycles. The first kappa shape index (κ1) is 15.7. The van der Waals surface area contributed by atoms with Gasteiger partial charge in [0.15, 0.2) is 0 Å². The van der Waals surface area contributed by atoms with Crippen molar-refractivity contribution in [1.29, 1.82) is 0 Å². The van der Waals surface area contributed by atoms with Gasteiger partial charge in [0.2, 0.25) is 0 Å². The average molecular weight is 388 g/mol. The van der Waals surface area contributed by atoms with Crippen LogP contribution in [0, 0.1) is 0 Å². The summed E-state index contributed by atoms with van der Waals surface area (Å²) in [5.41, 5.74) is -0.163. The molecule has 0 aliphatic carbocycles. The molecule has 1 aliphatic rings. The molecule has 1 saturated heterocycles. The van der Waals surface area contributed by atoms with Gasteiger partial charge in [0.25, 0.3) is 10.0 Å². The van der Waals surface area contributed by atoms with Gasteiger partial charge in [-0.05, 0) is 42.9 Å². The van der Waals surface area contributed by atoms with Crippen molar-refractivity contribution in [2.75, 3.05) is 26.7 Å². The quantitative estimate of drug-likeness (QED) is 0.783. The minimum absolute atomic E-state index is 0.163. The molecule has 1 aromatic rings. The van der Waals surface area contributed by atoms with Crippen molar-refractivity contribution >= 4 is 48.9 Å². The fourth-order valence-corrected chi connectivity index (χ4v) is 6.12. The van der Waals surface area contributed by atoms with Crippen LogP contribution in [0.3, 0.4) is 0 Å². The molecule has 0 amide bonds. The van der Waals surface area contributed by atoms with Crippen LogP contribution in [-0.2, 0) is 10.0 Å². The SMILES string of the molecule is CN1CCN(S(=O)(=O)c2cc(Cl)c(Br)s2)CC1(C)C. The molecule has 1 aliphatic heterocycles. The van der Waals surface area contributed by atoms with Gasteiger partial charge in [0.05, 0.1) is 8.81 Å². The van der Waals surface area contributed by atoms with Crippen LogP contribution in [0.25, 0.3) is 0 Å². The van der Waals surface area contributed by atoms with Gasteiger partial charge in [-0.25, -0.2) is 8.42 Å². The highest BCUT2D eigenvalue weighted by Crippen LogP contribution is 2.36. The number of piperazine rings is 1. The predicted octanol–water partition coefficient (Wildman–Crippen LogP) is 2.88. The van der Waals surface area contributed by atoms with Crippen LogP contribution in [0.5, 0.6) is 0 Å². The van der Waals surface area contributed by atoms with Crippen molar-refractivity contribution < 1.29 is 8.42 Å². The van der Waals surface area contributed by atoms with Crippen molar-refractivity contribution in [3.8, 4) is 0 Å². The third-order valence-electron chi connectivity index (χ3n) is 3.50. The second kappa shape index (κ2) is 5.27. The van der Waals surface area contributed by atoms with E-state index in [0.717, 1.165) is 17.9 Å². The maximum Gasteiger partial charge on any atom is 0.252 e. The van der Waals surface area contributed by atoms with Gasteiger partial charge in [-0.15, -0.1) is 11.3 Å². The van der Waals surface area contributed by atoms with E-state index in [9.17, 15) is 8.42 Å². The van der Waals surface area contributed by atoms with Crippen molar-refractivity contribution in [3.63, 3.8) is 0 Å². The average Bonchev–Trinajstić information content (AvgIpc) is 2.63. The number of halogens is 2. The van der Waals surface area contributed by atoms with Crippen LogP contribution in [0.1, 0.15) is 13.8 Å². The number of thiophene rings is 1. The zero-order valence-corrected chi connectivity index (χ0v) is 15.0. The van der Waals surface area contributed by atoms with Crippen LogP contribution < -0.4 is 0 Å². The number of rotatable bonds is 2. The van der Waals surface area contributed by atoms with Gasteiger partial charge in [0.1, 0.15) is 4.21 Å². The molecule has 0 atom stereocenters. The summed E-state index contributed by atoms with van der Waals surface area (Å²) in [4.78, 5) is 2.18. The van der Waals surface area contributed by atoms with Gasteiger partial charge < -0.3 is 0 Å². The Balaban J connectivity index is 2.31. The fraction of sp³-hybridized carbons (Fsp3) is 0.636. The van der Waals surface area contributed by atoms with Gasteiger partial charge in [-0.1, -0.05) is 11.6 Å². The van der Waals surface area contributed by atoms with E-state index in [1.807, 2.05) is 20.9 Å². The number of likely N-dealkylation sites (N-methyl/N-ethyl adjacent to an activating group) is 1. The van der Waals surface area contributed by atoms with Crippen LogP contribution >= 0.6 is 38.9 Å². The first-order valence-corrected chi connectivity index (χ1v) is 9.23. The third-order valence-corrected chi connectivity index (χ3v) is 8.27.